The van der Waals surface area contributed by atoms with Crippen molar-refractivity contribution in [2.75, 3.05) is 5.32 Å². The van der Waals surface area contributed by atoms with Crippen molar-refractivity contribution in [2.24, 2.45) is 5.73 Å². The van der Waals surface area contributed by atoms with Crippen LogP contribution in [0.4, 0.5) is 5.82 Å². The molecule has 1 amide bonds. The van der Waals surface area contributed by atoms with Crippen LogP contribution in [0, 0.1) is 0 Å². The Morgan fingerprint density at radius 2 is 2.16 bits per heavy atom. The Bertz CT molecular complexity index is 1040. The zero-order chi connectivity index (χ0) is 17.2. The number of hydrogen-bond acceptors (Lipinski definition) is 5. The minimum Gasteiger partial charge on any atom is -0.451 e. The Morgan fingerprint density at radius 3 is 2.92 bits per heavy atom. The van der Waals surface area contributed by atoms with E-state index < -0.39 is 5.91 Å². The molecule has 25 heavy (non-hydrogen) atoms. The highest BCUT2D eigenvalue weighted by molar-refractivity contribution is 5.95. The molecular formula is C18H15N5O2. The predicted molar refractivity (Wildman–Crippen MR) is 93.9 cm³/mol. The third-order valence-corrected chi connectivity index (χ3v) is 3.82. The number of anilines is 1. The SMILES string of the molecule is NC(=O)c1ccc(-c2cc(NCc3ccccn3)nc3[nH]ccc23)o1. The summed E-state index contributed by atoms with van der Waals surface area (Å²) in [4.78, 5) is 23.2. The number of nitrogens with one attached hydrogen (secondary N) is 2. The highest BCUT2D eigenvalue weighted by atomic mass is 16.3. The Hall–Kier alpha value is -3.61. The minimum atomic E-state index is -0.598. The summed E-state index contributed by atoms with van der Waals surface area (Å²) >= 11 is 0. The number of aromatic amines is 1. The molecule has 4 aromatic rings. The normalized spacial score (nSPS) is 10.9. The fourth-order valence-electron chi connectivity index (χ4n) is 2.63. The molecule has 124 valence electrons. The van der Waals surface area contributed by atoms with Crippen molar-refractivity contribution in [3.63, 3.8) is 0 Å². The second-order valence-corrected chi connectivity index (χ2v) is 5.50. The molecule has 0 spiro atoms. The number of rotatable bonds is 5. The molecule has 0 bridgehead atoms. The van der Waals surface area contributed by atoms with E-state index in [-0.39, 0.29) is 5.76 Å². The van der Waals surface area contributed by atoms with Gasteiger partial charge in [-0.1, -0.05) is 6.07 Å². The molecule has 0 fully saturated rings. The topological polar surface area (TPSA) is 110 Å². The van der Waals surface area contributed by atoms with Gasteiger partial charge in [-0.2, -0.15) is 0 Å². The van der Waals surface area contributed by atoms with Crippen molar-refractivity contribution in [3.8, 4) is 11.3 Å². The fourth-order valence-corrected chi connectivity index (χ4v) is 2.63. The fraction of sp³-hybridized carbons (Fsp3) is 0.0556. The summed E-state index contributed by atoms with van der Waals surface area (Å²) in [5.74, 6) is 0.756. The van der Waals surface area contributed by atoms with Crippen molar-refractivity contribution in [1.29, 1.82) is 0 Å². The number of fused-ring (bicyclic) bond motifs is 1. The van der Waals surface area contributed by atoms with Crippen molar-refractivity contribution >= 4 is 22.8 Å². The molecule has 0 aliphatic carbocycles. The van der Waals surface area contributed by atoms with Crippen molar-refractivity contribution < 1.29 is 9.21 Å². The summed E-state index contributed by atoms with van der Waals surface area (Å²) in [6.07, 6.45) is 3.56. The number of nitrogens with two attached hydrogens (primary N) is 1. The van der Waals surface area contributed by atoms with E-state index in [9.17, 15) is 4.79 Å². The number of nitrogens with zero attached hydrogens (tertiary/aromatic N) is 2. The second-order valence-electron chi connectivity index (χ2n) is 5.50. The predicted octanol–water partition coefficient (Wildman–Crippen LogP) is 2.93. The number of carbonyl (C=O) groups is 1. The molecule has 7 nitrogen and oxygen atoms in total. The second kappa shape index (κ2) is 6.12. The van der Waals surface area contributed by atoms with Gasteiger partial charge in [-0.15, -0.1) is 0 Å². The molecule has 0 aliphatic rings. The summed E-state index contributed by atoms with van der Waals surface area (Å²) in [6.45, 7) is 0.546. The Morgan fingerprint density at radius 1 is 1.24 bits per heavy atom. The number of primary amides is 1. The van der Waals surface area contributed by atoms with Crippen LogP contribution in [-0.2, 0) is 6.54 Å². The van der Waals surface area contributed by atoms with Crippen molar-refractivity contribution in [1.82, 2.24) is 15.0 Å². The molecule has 0 aromatic carbocycles. The molecule has 4 rings (SSSR count). The number of pyridine rings is 2. The van der Waals surface area contributed by atoms with Gasteiger partial charge in [0.25, 0.3) is 5.91 Å². The first-order valence-electron chi connectivity index (χ1n) is 7.72. The lowest BCUT2D eigenvalue weighted by molar-refractivity contribution is 0.0974. The maximum atomic E-state index is 11.3. The molecule has 4 N–H and O–H groups in total. The molecule has 4 aromatic heterocycles. The number of hydrogen-bond donors (Lipinski definition) is 3. The van der Waals surface area contributed by atoms with Gasteiger partial charge in [0.15, 0.2) is 5.76 Å². The molecule has 4 heterocycles. The van der Waals surface area contributed by atoms with E-state index in [0.717, 1.165) is 22.3 Å². The highest BCUT2D eigenvalue weighted by Gasteiger charge is 2.14. The standard InChI is InChI=1S/C18H15N5O2/c19-17(24)15-5-4-14(25-15)13-9-16(23-18-12(13)6-8-21-18)22-10-11-3-1-2-7-20-11/h1-9H,10H2,(H2,19,24)(H2,21,22,23). The van der Waals surface area contributed by atoms with Crippen LogP contribution in [-0.4, -0.2) is 20.9 Å². The smallest absolute Gasteiger partial charge is 0.284 e. The molecule has 0 saturated carbocycles. The third-order valence-electron chi connectivity index (χ3n) is 3.82. The van der Waals surface area contributed by atoms with E-state index in [2.05, 4.69) is 20.3 Å². The summed E-state index contributed by atoms with van der Waals surface area (Å²) < 4.78 is 5.57. The van der Waals surface area contributed by atoms with Gasteiger partial charge in [0, 0.05) is 23.3 Å². The average molecular weight is 333 g/mol. The maximum absolute atomic E-state index is 11.3. The van der Waals surface area contributed by atoms with Crippen LogP contribution in [0.5, 0.6) is 0 Å². The number of amides is 1. The van der Waals surface area contributed by atoms with Crippen LogP contribution in [0.25, 0.3) is 22.4 Å². The molecule has 7 heteroatoms. The first-order chi connectivity index (χ1) is 12.2. The van der Waals surface area contributed by atoms with Crippen LogP contribution < -0.4 is 11.1 Å². The van der Waals surface area contributed by atoms with E-state index in [1.54, 1.807) is 18.3 Å². The van der Waals surface area contributed by atoms with Gasteiger partial charge >= 0.3 is 0 Å². The highest BCUT2D eigenvalue weighted by Crippen LogP contribution is 2.31. The lowest BCUT2D eigenvalue weighted by Gasteiger charge is -2.08. The maximum Gasteiger partial charge on any atom is 0.284 e. The molecule has 0 radical (unpaired) electrons. The number of H-pyrrole nitrogens is 1. The molecule has 0 unspecified atom stereocenters. The van der Waals surface area contributed by atoms with E-state index in [1.165, 1.54) is 0 Å². The Kier molecular flexibility index (Phi) is 3.66. The molecule has 0 aliphatic heterocycles. The van der Waals surface area contributed by atoms with Gasteiger partial charge in [0.2, 0.25) is 0 Å². The van der Waals surface area contributed by atoms with Gasteiger partial charge in [0.05, 0.1) is 12.2 Å². The van der Waals surface area contributed by atoms with Gasteiger partial charge in [-0.3, -0.25) is 9.78 Å². The van der Waals surface area contributed by atoms with Crippen LogP contribution in [0.1, 0.15) is 16.2 Å². The van der Waals surface area contributed by atoms with Crippen LogP contribution in [0.3, 0.4) is 0 Å². The minimum absolute atomic E-state index is 0.124. The molecule has 0 atom stereocenters. The zero-order valence-electron chi connectivity index (χ0n) is 13.2. The Balaban J connectivity index is 1.70. The lowest BCUT2D eigenvalue weighted by Crippen LogP contribution is -2.09. The summed E-state index contributed by atoms with van der Waals surface area (Å²) in [6, 6.07) is 12.8. The first-order valence-corrected chi connectivity index (χ1v) is 7.72. The monoisotopic (exact) mass is 333 g/mol. The van der Waals surface area contributed by atoms with Gasteiger partial charge in [0.1, 0.15) is 17.2 Å². The number of furan rings is 1. The van der Waals surface area contributed by atoms with Crippen molar-refractivity contribution in [2.45, 2.75) is 6.54 Å². The number of carbonyl (C=O) groups excluding carboxylic acids is 1. The van der Waals surface area contributed by atoms with Crippen LogP contribution >= 0.6 is 0 Å². The van der Waals surface area contributed by atoms with Gasteiger partial charge < -0.3 is 20.5 Å². The summed E-state index contributed by atoms with van der Waals surface area (Å²) in [7, 11) is 0. The van der Waals surface area contributed by atoms with E-state index in [1.807, 2.05) is 36.5 Å². The average Bonchev–Trinajstić information content (AvgIpc) is 3.29. The zero-order valence-corrected chi connectivity index (χ0v) is 13.2. The van der Waals surface area contributed by atoms with Crippen LogP contribution in [0.2, 0.25) is 0 Å². The summed E-state index contributed by atoms with van der Waals surface area (Å²) in [5.41, 5.74) is 7.72. The van der Waals surface area contributed by atoms with Crippen molar-refractivity contribution in [3.05, 3.63) is 66.3 Å². The lowest BCUT2D eigenvalue weighted by atomic mass is 10.1. The molecule has 0 saturated heterocycles. The van der Waals surface area contributed by atoms with Gasteiger partial charge in [-0.25, -0.2) is 4.98 Å². The van der Waals surface area contributed by atoms with E-state index >= 15 is 0 Å². The first kappa shape index (κ1) is 14.9. The van der Waals surface area contributed by atoms with Crippen LogP contribution in [0.15, 0.2) is 59.3 Å². The van der Waals surface area contributed by atoms with E-state index in [4.69, 9.17) is 10.2 Å². The Labute approximate surface area is 142 Å². The largest absolute Gasteiger partial charge is 0.451 e. The van der Waals surface area contributed by atoms with E-state index in [0.29, 0.717) is 18.1 Å². The number of aromatic nitrogens is 3. The van der Waals surface area contributed by atoms with Gasteiger partial charge in [-0.05, 0) is 36.4 Å². The summed E-state index contributed by atoms with van der Waals surface area (Å²) in [5, 5.41) is 4.15. The molecular weight excluding hydrogens is 318 g/mol. The third kappa shape index (κ3) is 2.94. The quantitative estimate of drug-likeness (QED) is 0.520.